The Labute approximate surface area is 147 Å². The SMILES string of the molecule is C[C@@H]1Cc2c(C(=O)N(CCc3ccccn3)C3CC3)n[nH]c2[C@H](C)O1. The Morgan fingerprint density at radius 1 is 1.36 bits per heavy atom. The fourth-order valence-electron chi connectivity index (χ4n) is 3.60. The Morgan fingerprint density at radius 2 is 2.20 bits per heavy atom. The molecule has 1 N–H and O–H groups in total. The Balaban J connectivity index is 1.54. The van der Waals surface area contributed by atoms with Crippen molar-refractivity contribution >= 4 is 5.91 Å². The second kappa shape index (κ2) is 6.59. The second-order valence-corrected chi connectivity index (χ2v) is 7.06. The summed E-state index contributed by atoms with van der Waals surface area (Å²) in [6.07, 6.45) is 5.52. The number of fused-ring (bicyclic) bond motifs is 1. The van der Waals surface area contributed by atoms with Gasteiger partial charge in [0.25, 0.3) is 5.91 Å². The molecule has 0 radical (unpaired) electrons. The van der Waals surface area contributed by atoms with Gasteiger partial charge in [-0.25, -0.2) is 0 Å². The van der Waals surface area contributed by atoms with E-state index in [0.29, 0.717) is 18.3 Å². The zero-order valence-corrected chi connectivity index (χ0v) is 14.7. The Kier molecular flexibility index (Phi) is 4.29. The predicted octanol–water partition coefficient (Wildman–Crippen LogP) is 2.67. The number of nitrogens with zero attached hydrogens (tertiary/aromatic N) is 3. The fraction of sp³-hybridized carbons (Fsp3) is 0.526. The van der Waals surface area contributed by atoms with Gasteiger partial charge >= 0.3 is 0 Å². The quantitative estimate of drug-likeness (QED) is 0.908. The molecule has 0 aromatic carbocycles. The van der Waals surface area contributed by atoms with E-state index in [4.69, 9.17) is 4.74 Å². The first-order chi connectivity index (χ1) is 12.1. The average Bonchev–Trinajstić information content (AvgIpc) is 3.34. The van der Waals surface area contributed by atoms with Crippen molar-refractivity contribution in [2.45, 2.75) is 57.8 Å². The zero-order valence-electron chi connectivity index (χ0n) is 14.7. The number of aromatic nitrogens is 3. The summed E-state index contributed by atoms with van der Waals surface area (Å²) < 4.78 is 5.83. The van der Waals surface area contributed by atoms with E-state index >= 15 is 0 Å². The number of carbonyl (C=O) groups is 1. The van der Waals surface area contributed by atoms with Crippen LogP contribution in [0.2, 0.25) is 0 Å². The van der Waals surface area contributed by atoms with E-state index in [9.17, 15) is 4.79 Å². The lowest BCUT2D eigenvalue weighted by molar-refractivity contribution is -0.00702. The minimum atomic E-state index is -0.0457. The molecule has 2 aromatic rings. The maximum Gasteiger partial charge on any atom is 0.274 e. The molecule has 2 aliphatic rings. The third kappa shape index (κ3) is 3.31. The van der Waals surface area contributed by atoms with Gasteiger partial charge in [0.15, 0.2) is 5.69 Å². The molecule has 6 nitrogen and oxygen atoms in total. The number of rotatable bonds is 5. The third-order valence-electron chi connectivity index (χ3n) is 5.02. The number of ether oxygens (including phenoxy) is 1. The molecule has 1 aliphatic heterocycles. The van der Waals surface area contributed by atoms with Gasteiger partial charge in [-0.1, -0.05) is 6.07 Å². The predicted molar refractivity (Wildman–Crippen MR) is 93.3 cm³/mol. The van der Waals surface area contributed by atoms with Crippen LogP contribution in [0.1, 0.15) is 60.2 Å². The monoisotopic (exact) mass is 340 g/mol. The fourth-order valence-corrected chi connectivity index (χ4v) is 3.60. The van der Waals surface area contributed by atoms with Gasteiger partial charge in [-0.2, -0.15) is 5.10 Å². The molecule has 1 aliphatic carbocycles. The molecule has 1 amide bonds. The zero-order chi connectivity index (χ0) is 17.4. The summed E-state index contributed by atoms with van der Waals surface area (Å²) in [6, 6.07) is 6.25. The highest BCUT2D eigenvalue weighted by Gasteiger charge is 2.37. The summed E-state index contributed by atoms with van der Waals surface area (Å²) in [5.41, 5.74) is 3.56. The van der Waals surface area contributed by atoms with Crippen molar-refractivity contribution in [2.24, 2.45) is 0 Å². The highest BCUT2D eigenvalue weighted by atomic mass is 16.5. The number of aromatic amines is 1. The van der Waals surface area contributed by atoms with Gasteiger partial charge in [0, 0.05) is 42.9 Å². The minimum Gasteiger partial charge on any atom is -0.369 e. The molecule has 3 heterocycles. The highest BCUT2D eigenvalue weighted by molar-refractivity contribution is 5.94. The summed E-state index contributed by atoms with van der Waals surface area (Å²) in [5.74, 6) is 0.0391. The lowest BCUT2D eigenvalue weighted by Gasteiger charge is -2.26. The van der Waals surface area contributed by atoms with Gasteiger partial charge in [-0.15, -0.1) is 0 Å². The molecule has 0 spiro atoms. The van der Waals surface area contributed by atoms with Gasteiger partial charge in [-0.05, 0) is 38.8 Å². The van der Waals surface area contributed by atoms with E-state index in [1.165, 1.54) is 0 Å². The van der Waals surface area contributed by atoms with Gasteiger partial charge in [-0.3, -0.25) is 14.9 Å². The van der Waals surface area contributed by atoms with Crippen LogP contribution in [0.3, 0.4) is 0 Å². The first-order valence-electron chi connectivity index (χ1n) is 9.07. The molecule has 0 bridgehead atoms. The lowest BCUT2D eigenvalue weighted by Crippen LogP contribution is -2.36. The van der Waals surface area contributed by atoms with Crippen molar-refractivity contribution in [1.29, 1.82) is 0 Å². The molecule has 2 atom stereocenters. The number of hydrogen-bond donors (Lipinski definition) is 1. The molecule has 6 heteroatoms. The number of hydrogen-bond acceptors (Lipinski definition) is 4. The lowest BCUT2D eigenvalue weighted by atomic mass is 9.99. The van der Waals surface area contributed by atoms with Crippen molar-refractivity contribution in [3.63, 3.8) is 0 Å². The number of carbonyl (C=O) groups excluding carboxylic acids is 1. The van der Waals surface area contributed by atoms with Crippen LogP contribution in [0.5, 0.6) is 0 Å². The van der Waals surface area contributed by atoms with E-state index in [1.807, 2.05) is 36.9 Å². The molecule has 0 saturated heterocycles. The van der Waals surface area contributed by atoms with Crippen molar-refractivity contribution < 1.29 is 9.53 Å². The average molecular weight is 340 g/mol. The van der Waals surface area contributed by atoms with Crippen LogP contribution >= 0.6 is 0 Å². The molecule has 132 valence electrons. The van der Waals surface area contributed by atoms with Crippen LogP contribution < -0.4 is 0 Å². The van der Waals surface area contributed by atoms with E-state index < -0.39 is 0 Å². The first kappa shape index (κ1) is 16.3. The van der Waals surface area contributed by atoms with Gasteiger partial charge < -0.3 is 9.64 Å². The third-order valence-corrected chi connectivity index (χ3v) is 5.02. The molecule has 1 fully saturated rings. The number of pyridine rings is 1. The number of amides is 1. The van der Waals surface area contributed by atoms with Gasteiger partial charge in [0.1, 0.15) is 0 Å². The standard InChI is InChI=1S/C19H24N4O2/c1-12-11-16-17(13(2)25-12)21-22-18(16)19(24)23(15-6-7-15)10-8-14-5-3-4-9-20-14/h3-5,9,12-13,15H,6-8,10-11H2,1-2H3,(H,21,22)/t12-,13+/m1/s1. The van der Waals surface area contributed by atoms with E-state index in [2.05, 4.69) is 15.2 Å². The summed E-state index contributed by atoms with van der Waals surface area (Å²) in [4.78, 5) is 19.5. The largest absolute Gasteiger partial charge is 0.369 e. The van der Waals surface area contributed by atoms with Crippen molar-refractivity contribution in [1.82, 2.24) is 20.1 Å². The molecular formula is C19H24N4O2. The van der Waals surface area contributed by atoms with Crippen LogP contribution in [-0.2, 0) is 17.6 Å². The van der Waals surface area contributed by atoms with Crippen molar-refractivity contribution in [3.8, 4) is 0 Å². The van der Waals surface area contributed by atoms with Crippen LogP contribution in [0.4, 0.5) is 0 Å². The van der Waals surface area contributed by atoms with E-state index in [0.717, 1.165) is 42.6 Å². The highest BCUT2D eigenvalue weighted by Crippen LogP contribution is 2.33. The summed E-state index contributed by atoms with van der Waals surface area (Å²) in [5, 5.41) is 7.39. The van der Waals surface area contributed by atoms with Crippen molar-refractivity contribution in [3.05, 3.63) is 47.0 Å². The maximum atomic E-state index is 13.2. The van der Waals surface area contributed by atoms with Crippen LogP contribution in [-0.4, -0.2) is 44.7 Å². The summed E-state index contributed by atoms with van der Waals surface area (Å²) in [6.45, 7) is 4.73. The number of nitrogens with one attached hydrogen (secondary N) is 1. The maximum absolute atomic E-state index is 13.2. The number of H-pyrrole nitrogens is 1. The molecule has 1 saturated carbocycles. The minimum absolute atomic E-state index is 0.0391. The smallest absolute Gasteiger partial charge is 0.274 e. The molecular weight excluding hydrogens is 316 g/mol. The van der Waals surface area contributed by atoms with E-state index in [1.54, 1.807) is 6.20 Å². The second-order valence-electron chi connectivity index (χ2n) is 7.06. The van der Waals surface area contributed by atoms with Crippen LogP contribution in [0.15, 0.2) is 24.4 Å². The summed E-state index contributed by atoms with van der Waals surface area (Å²) >= 11 is 0. The molecule has 25 heavy (non-hydrogen) atoms. The molecule has 0 unspecified atom stereocenters. The Hall–Kier alpha value is -2.21. The molecule has 2 aromatic heterocycles. The van der Waals surface area contributed by atoms with Gasteiger partial charge in [0.2, 0.25) is 0 Å². The first-order valence-corrected chi connectivity index (χ1v) is 9.07. The van der Waals surface area contributed by atoms with E-state index in [-0.39, 0.29) is 18.1 Å². The summed E-state index contributed by atoms with van der Waals surface area (Å²) in [7, 11) is 0. The van der Waals surface area contributed by atoms with Crippen molar-refractivity contribution in [2.75, 3.05) is 6.54 Å². The van der Waals surface area contributed by atoms with Crippen LogP contribution in [0, 0.1) is 0 Å². The van der Waals surface area contributed by atoms with Crippen LogP contribution in [0.25, 0.3) is 0 Å². The Morgan fingerprint density at radius 3 is 2.92 bits per heavy atom. The Bertz CT molecular complexity index is 754. The van der Waals surface area contributed by atoms with Gasteiger partial charge in [0.05, 0.1) is 17.9 Å². The topological polar surface area (TPSA) is 71.1 Å². The molecule has 4 rings (SSSR count). The normalized spacial score (nSPS) is 22.5.